The number of aryl methyl sites for hydroxylation is 1. The summed E-state index contributed by atoms with van der Waals surface area (Å²) in [5, 5.41) is 12.9. The van der Waals surface area contributed by atoms with Crippen LogP contribution in [0.1, 0.15) is 12.5 Å². The summed E-state index contributed by atoms with van der Waals surface area (Å²) in [7, 11) is 0. The third-order valence-electron chi connectivity index (χ3n) is 4.76. The Balaban J connectivity index is 1.61. The van der Waals surface area contributed by atoms with E-state index in [1.54, 1.807) is 24.3 Å². The van der Waals surface area contributed by atoms with Crippen molar-refractivity contribution in [1.29, 1.82) is 0 Å². The van der Waals surface area contributed by atoms with E-state index < -0.39 is 0 Å². The number of nitrogens with one attached hydrogen (secondary N) is 1. The van der Waals surface area contributed by atoms with Gasteiger partial charge in [-0.3, -0.25) is 9.36 Å². The van der Waals surface area contributed by atoms with Crippen LogP contribution in [0, 0.1) is 6.92 Å². The Morgan fingerprint density at radius 3 is 2.58 bits per heavy atom. The van der Waals surface area contributed by atoms with Crippen LogP contribution < -0.4 is 10.1 Å². The molecule has 33 heavy (non-hydrogen) atoms. The lowest BCUT2D eigenvalue weighted by Gasteiger charge is -2.12. The molecule has 1 N–H and O–H groups in total. The van der Waals surface area contributed by atoms with Gasteiger partial charge in [0.05, 0.1) is 12.4 Å². The van der Waals surface area contributed by atoms with Crippen molar-refractivity contribution < 1.29 is 9.53 Å². The molecule has 3 aromatic carbocycles. The van der Waals surface area contributed by atoms with E-state index in [-0.39, 0.29) is 11.7 Å². The first-order valence-corrected chi connectivity index (χ1v) is 11.8. The second-order valence-electron chi connectivity index (χ2n) is 7.29. The molecule has 6 nitrogen and oxygen atoms in total. The van der Waals surface area contributed by atoms with E-state index in [1.807, 2.05) is 60.9 Å². The lowest BCUT2D eigenvalue weighted by Crippen LogP contribution is -2.14. The highest BCUT2D eigenvalue weighted by atomic mass is 35.5. The fourth-order valence-electron chi connectivity index (χ4n) is 3.32. The van der Waals surface area contributed by atoms with Gasteiger partial charge in [-0.1, -0.05) is 53.2 Å². The van der Waals surface area contributed by atoms with Gasteiger partial charge in [0.15, 0.2) is 11.0 Å². The third kappa shape index (κ3) is 5.74. The van der Waals surface area contributed by atoms with Crippen molar-refractivity contribution in [3.05, 3.63) is 83.4 Å². The average Bonchev–Trinajstić information content (AvgIpc) is 3.22. The number of amides is 1. The smallest absolute Gasteiger partial charge is 0.234 e. The highest BCUT2D eigenvalue weighted by molar-refractivity contribution is 7.99. The summed E-state index contributed by atoms with van der Waals surface area (Å²) in [5.41, 5.74) is 3.62. The molecule has 0 bridgehead atoms. The molecule has 0 saturated carbocycles. The molecule has 168 valence electrons. The molecule has 4 aromatic rings. The summed E-state index contributed by atoms with van der Waals surface area (Å²) >= 11 is 7.33. The molecule has 0 radical (unpaired) electrons. The zero-order chi connectivity index (χ0) is 23.2. The monoisotopic (exact) mass is 478 g/mol. The van der Waals surface area contributed by atoms with Crippen LogP contribution in [0.3, 0.4) is 0 Å². The number of hydrogen-bond acceptors (Lipinski definition) is 5. The molecule has 4 rings (SSSR count). The minimum atomic E-state index is -0.152. The molecule has 0 fully saturated rings. The van der Waals surface area contributed by atoms with Gasteiger partial charge in [-0.15, -0.1) is 10.2 Å². The summed E-state index contributed by atoms with van der Waals surface area (Å²) in [5.74, 6) is 1.53. The van der Waals surface area contributed by atoms with Crippen LogP contribution in [0.5, 0.6) is 5.75 Å². The van der Waals surface area contributed by atoms with Gasteiger partial charge in [0.1, 0.15) is 5.75 Å². The van der Waals surface area contributed by atoms with Gasteiger partial charge in [-0.2, -0.15) is 0 Å². The number of carbonyl (C=O) groups excluding carboxylic acids is 1. The minimum absolute atomic E-state index is 0.152. The van der Waals surface area contributed by atoms with Crippen LogP contribution in [-0.2, 0) is 4.79 Å². The highest BCUT2D eigenvalue weighted by Gasteiger charge is 2.18. The predicted molar refractivity (Wildman–Crippen MR) is 134 cm³/mol. The Labute approximate surface area is 202 Å². The third-order valence-corrected chi connectivity index (χ3v) is 5.92. The molecule has 1 heterocycles. The van der Waals surface area contributed by atoms with Crippen LogP contribution in [0.4, 0.5) is 5.69 Å². The maximum Gasteiger partial charge on any atom is 0.234 e. The summed E-state index contributed by atoms with van der Waals surface area (Å²) in [6, 6.07) is 22.9. The number of aromatic nitrogens is 3. The second kappa shape index (κ2) is 10.6. The average molecular weight is 479 g/mol. The quantitative estimate of drug-likeness (QED) is 0.313. The van der Waals surface area contributed by atoms with Crippen molar-refractivity contribution in [2.45, 2.75) is 19.0 Å². The van der Waals surface area contributed by atoms with Gasteiger partial charge in [0.25, 0.3) is 0 Å². The fourth-order valence-corrected chi connectivity index (χ4v) is 4.26. The number of rotatable bonds is 8. The summed E-state index contributed by atoms with van der Waals surface area (Å²) < 4.78 is 7.54. The van der Waals surface area contributed by atoms with Crippen LogP contribution in [0.2, 0.25) is 5.02 Å². The first kappa shape index (κ1) is 22.9. The first-order valence-electron chi connectivity index (χ1n) is 10.5. The predicted octanol–water partition coefficient (Wildman–Crippen LogP) is 6.03. The minimum Gasteiger partial charge on any atom is -0.494 e. The Hall–Kier alpha value is -3.29. The lowest BCUT2D eigenvalue weighted by atomic mass is 10.1. The van der Waals surface area contributed by atoms with E-state index in [0.717, 1.165) is 22.6 Å². The largest absolute Gasteiger partial charge is 0.494 e. The van der Waals surface area contributed by atoms with E-state index in [1.165, 1.54) is 11.8 Å². The molecular weight excluding hydrogens is 456 g/mol. The summed E-state index contributed by atoms with van der Waals surface area (Å²) in [6.45, 7) is 4.59. The van der Waals surface area contributed by atoms with E-state index in [0.29, 0.717) is 28.3 Å². The van der Waals surface area contributed by atoms with Crippen molar-refractivity contribution in [3.8, 4) is 22.8 Å². The van der Waals surface area contributed by atoms with Crippen molar-refractivity contribution in [1.82, 2.24) is 14.8 Å². The van der Waals surface area contributed by atoms with Crippen LogP contribution in [-0.4, -0.2) is 33.0 Å². The summed E-state index contributed by atoms with van der Waals surface area (Å²) in [4.78, 5) is 12.5. The second-order valence-corrected chi connectivity index (χ2v) is 8.66. The molecule has 1 aromatic heterocycles. The van der Waals surface area contributed by atoms with Gasteiger partial charge >= 0.3 is 0 Å². The van der Waals surface area contributed by atoms with Crippen molar-refractivity contribution in [2.24, 2.45) is 0 Å². The lowest BCUT2D eigenvalue weighted by molar-refractivity contribution is -0.113. The maximum absolute atomic E-state index is 12.5. The number of ether oxygens (including phenoxy) is 1. The van der Waals surface area contributed by atoms with Crippen molar-refractivity contribution >= 4 is 35.0 Å². The van der Waals surface area contributed by atoms with E-state index in [4.69, 9.17) is 16.3 Å². The van der Waals surface area contributed by atoms with Gasteiger partial charge < -0.3 is 10.1 Å². The zero-order valence-electron chi connectivity index (χ0n) is 18.3. The maximum atomic E-state index is 12.5. The molecule has 0 saturated heterocycles. The van der Waals surface area contributed by atoms with Crippen molar-refractivity contribution in [2.75, 3.05) is 17.7 Å². The first-order chi connectivity index (χ1) is 16.0. The van der Waals surface area contributed by atoms with Gasteiger partial charge in [-0.25, -0.2) is 0 Å². The van der Waals surface area contributed by atoms with Crippen LogP contribution in [0.25, 0.3) is 17.1 Å². The van der Waals surface area contributed by atoms with E-state index >= 15 is 0 Å². The zero-order valence-corrected chi connectivity index (χ0v) is 19.9. The molecule has 0 spiro atoms. The van der Waals surface area contributed by atoms with Crippen LogP contribution >= 0.6 is 23.4 Å². The molecule has 0 aliphatic heterocycles. The van der Waals surface area contributed by atoms with Crippen molar-refractivity contribution in [3.63, 3.8) is 0 Å². The topological polar surface area (TPSA) is 69.0 Å². The molecule has 0 aliphatic carbocycles. The standard InChI is InChI=1S/C25H23ClN4O2S/c1-3-32-22-12-10-21(11-13-22)30-24(18-7-4-6-17(2)14-18)28-29-25(30)33-16-23(31)27-20-9-5-8-19(26)15-20/h4-15H,3,16H2,1-2H3,(H,27,31). The molecule has 8 heteroatoms. The number of thioether (sulfide) groups is 1. The van der Waals surface area contributed by atoms with E-state index in [9.17, 15) is 4.79 Å². The Morgan fingerprint density at radius 2 is 1.85 bits per heavy atom. The van der Waals surface area contributed by atoms with Gasteiger partial charge in [0, 0.05) is 22.0 Å². The number of benzene rings is 3. The molecule has 1 amide bonds. The number of carbonyl (C=O) groups is 1. The van der Waals surface area contributed by atoms with E-state index in [2.05, 4.69) is 21.6 Å². The SMILES string of the molecule is CCOc1ccc(-n2c(SCC(=O)Nc3cccc(Cl)c3)nnc2-c2cccc(C)c2)cc1. The number of hydrogen-bond donors (Lipinski definition) is 1. The van der Waals surface area contributed by atoms with Crippen LogP contribution in [0.15, 0.2) is 78.0 Å². The Morgan fingerprint density at radius 1 is 1.06 bits per heavy atom. The Kier molecular flexibility index (Phi) is 7.32. The summed E-state index contributed by atoms with van der Waals surface area (Å²) in [6.07, 6.45) is 0. The number of nitrogens with zero attached hydrogens (tertiary/aromatic N) is 3. The molecular formula is C25H23ClN4O2S. The number of anilines is 1. The highest BCUT2D eigenvalue weighted by Crippen LogP contribution is 2.29. The molecule has 0 aliphatic rings. The molecule has 0 unspecified atom stereocenters. The normalized spacial score (nSPS) is 10.8. The molecule has 0 atom stereocenters. The fraction of sp³-hybridized carbons (Fsp3) is 0.160. The Bertz CT molecular complexity index is 1260. The van der Waals surface area contributed by atoms with Gasteiger partial charge in [-0.05, 0) is 62.4 Å². The van der Waals surface area contributed by atoms with Gasteiger partial charge in [0.2, 0.25) is 5.91 Å². The number of halogens is 1.